The van der Waals surface area contributed by atoms with Crippen molar-refractivity contribution in [1.29, 1.82) is 0 Å². The van der Waals surface area contributed by atoms with E-state index in [1.54, 1.807) is 0 Å². The zero-order valence-corrected chi connectivity index (χ0v) is 19.2. The first-order valence-electron chi connectivity index (χ1n) is 11.6. The van der Waals surface area contributed by atoms with Gasteiger partial charge >= 0.3 is 6.03 Å². The Kier molecular flexibility index (Phi) is 6.68. The number of hydrogen-bond donors (Lipinski definition) is 1. The van der Waals surface area contributed by atoms with E-state index in [1.807, 2.05) is 60.0 Å². The highest BCUT2D eigenvalue weighted by Crippen LogP contribution is 2.35. The molecular formula is C26H33N3O3. The average Bonchev–Trinajstić information content (AvgIpc) is 2.82. The number of anilines is 1. The molecule has 2 aliphatic rings. The van der Waals surface area contributed by atoms with Gasteiger partial charge in [-0.15, -0.1) is 0 Å². The molecule has 6 heteroatoms. The van der Waals surface area contributed by atoms with Gasteiger partial charge < -0.3 is 15.0 Å². The van der Waals surface area contributed by atoms with E-state index in [9.17, 15) is 9.59 Å². The Balaban J connectivity index is 1.31. The van der Waals surface area contributed by atoms with Gasteiger partial charge in [0.25, 0.3) is 0 Å². The van der Waals surface area contributed by atoms with Gasteiger partial charge in [0.15, 0.2) is 0 Å². The molecule has 0 saturated carbocycles. The van der Waals surface area contributed by atoms with Crippen molar-refractivity contribution in [3.63, 3.8) is 0 Å². The van der Waals surface area contributed by atoms with Crippen LogP contribution in [-0.4, -0.2) is 49.1 Å². The first kappa shape index (κ1) is 22.2. The van der Waals surface area contributed by atoms with Gasteiger partial charge in [-0.3, -0.25) is 9.69 Å². The molecule has 0 aromatic heterocycles. The Morgan fingerprint density at radius 3 is 2.56 bits per heavy atom. The number of fused-ring (bicyclic) bond motifs is 1. The normalized spacial score (nSPS) is 19.7. The van der Waals surface area contributed by atoms with Crippen molar-refractivity contribution in [2.45, 2.75) is 45.6 Å². The van der Waals surface area contributed by atoms with Crippen LogP contribution >= 0.6 is 0 Å². The monoisotopic (exact) mass is 435 g/mol. The number of amides is 3. The molecule has 1 fully saturated rings. The molecule has 3 amide bonds. The van der Waals surface area contributed by atoms with E-state index >= 15 is 0 Å². The first-order chi connectivity index (χ1) is 15.4. The molecule has 2 aromatic rings. The lowest BCUT2D eigenvalue weighted by Gasteiger charge is -2.39. The molecular weight excluding hydrogens is 402 g/mol. The summed E-state index contributed by atoms with van der Waals surface area (Å²) < 4.78 is 5.92. The molecule has 2 aromatic carbocycles. The zero-order chi connectivity index (χ0) is 22.7. The summed E-state index contributed by atoms with van der Waals surface area (Å²) in [6.07, 6.45) is 1.33. The number of carbonyl (C=O) groups excluding carboxylic acids is 2. The maximum atomic E-state index is 13.3. The van der Waals surface area contributed by atoms with Crippen molar-refractivity contribution >= 4 is 17.6 Å². The predicted molar refractivity (Wildman–Crippen MR) is 126 cm³/mol. The molecule has 6 nitrogen and oxygen atoms in total. The van der Waals surface area contributed by atoms with E-state index in [1.165, 1.54) is 5.56 Å². The molecule has 1 N–H and O–H groups in total. The van der Waals surface area contributed by atoms with E-state index in [0.717, 1.165) is 17.0 Å². The summed E-state index contributed by atoms with van der Waals surface area (Å²) in [5.74, 6) is 1.08. The van der Waals surface area contributed by atoms with Crippen LogP contribution in [0, 0.1) is 12.8 Å². The highest BCUT2D eigenvalue weighted by Gasteiger charge is 2.34. The fourth-order valence-electron chi connectivity index (χ4n) is 4.53. The van der Waals surface area contributed by atoms with Crippen LogP contribution in [-0.2, 0) is 4.79 Å². The zero-order valence-electron chi connectivity index (χ0n) is 19.2. The second-order valence-corrected chi connectivity index (χ2v) is 9.11. The van der Waals surface area contributed by atoms with Gasteiger partial charge in [0.05, 0.1) is 12.2 Å². The van der Waals surface area contributed by atoms with E-state index in [-0.39, 0.29) is 29.9 Å². The standard InChI is InChI=1S/C26H33N3O3/c1-18-9-10-24-23(15-18)29(17-20(3)32-24)26(31)28-13-11-22(12-14-28)25(30)27-16-19(2)21-7-5-4-6-8-21/h4-10,15,19-20,22H,11-14,16-17H2,1-3H3,(H,27,30)/t19-,20+/m1/s1. The van der Waals surface area contributed by atoms with Gasteiger partial charge in [-0.2, -0.15) is 0 Å². The fourth-order valence-corrected chi connectivity index (χ4v) is 4.53. The SMILES string of the molecule is Cc1ccc2c(c1)N(C(=O)N1CCC(C(=O)NC[C@@H](C)c3ccccc3)CC1)C[C@H](C)O2. The third kappa shape index (κ3) is 4.90. The second kappa shape index (κ2) is 9.63. The van der Waals surface area contributed by atoms with Crippen LogP contribution in [0.2, 0.25) is 0 Å². The minimum Gasteiger partial charge on any atom is -0.487 e. The van der Waals surface area contributed by atoms with Crippen molar-refractivity contribution in [2.24, 2.45) is 5.92 Å². The molecule has 0 radical (unpaired) electrons. The minimum atomic E-state index is -0.0518. The van der Waals surface area contributed by atoms with Crippen molar-refractivity contribution in [3.8, 4) is 5.75 Å². The number of aryl methyl sites for hydroxylation is 1. The Hall–Kier alpha value is -3.02. The molecule has 2 atom stereocenters. The van der Waals surface area contributed by atoms with Crippen LogP contribution in [0.5, 0.6) is 5.75 Å². The Bertz CT molecular complexity index is 954. The highest BCUT2D eigenvalue weighted by molar-refractivity contribution is 5.94. The Labute approximate surface area is 190 Å². The number of benzene rings is 2. The summed E-state index contributed by atoms with van der Waals surface area (Å²) in [4.78, 5) is 29.7. The van der Waals surface area contributed by atoms with E-state index < -0.39 is 0 Å². The molecule has 170 valence electrons. The van der Waals surface area contributed by atoms with Gasteiger partial charge in [0.2, 0.25) is 5.91 Å². The molecule has 32 heavy (non-hydrogen) atoms. The number of likely N-dealkylation sites (tertiary alicyclic amines) is 1. The maximum Gasteiger partial charge on any atom is 0.324 e. The number of nitrogens with one attached hydrogen (secondary N) is 1. The Morgan fingerprint density at radius 1 is 1.12 bits per heavy atom. The van der Waals surface area contributed by atoms with E-state index in [4.69, 9.17) is 4.74 Å². The summed E-state index contributed by atoms with van der Waals surface area (Å²) in [5.41, 5.74) is 3.16. The number of piperidine rings is 1. The summed E-state index contributed by atoms with van der Waals surface area (Å²) in [6.45, 7) is 8.48. The molecule has 0 unspecified atom stereocenters. The Morgan fingerprint density at radius 2 is 1.84 bits per heavy atom. The fraction of sp³-hybridized carbons (Fsp3) is 0.462. The molecule has 0 aliphatic carbocycles. The van der Waals surface area contributed by atoms with Gasteiger partial charge in [-0.05, 0) is 55.9 Å². The van der Waals surface area contributed by atoms with Crippen LogP contribution < -0.4 is 15.0 Å². The lowest BCUT2D eigenvalue weighted by atomic mass is 9.95. The predicted octanol–water partition coefficient (Wildman–Crippen LogP) is 4.33. The summed E-state index contributed by atoms with van der Waals surface area (Å²) in [5, 5.41) is 3.11. The van der Waals surface area contributed by atoms with E-state index in [0.29, 0.717) is 39.0 Å². The number of hydrogen-bond acceptors (Lipinski definition) is 3. The van der Waals surface area contributed by atoms with Gasteiger partial charge in [-0.25, -0.2) is 4.79 Å². The summed E-state index contributed by atoms with van der Waals surface area (Å²) in [6, 6.07) is 16.2. The van der Waals surface area contributed by atoms with Gasteiger partial charge in [0.1, 0.15) is 11.9 Å². The average molecular weight is 436 g/mol. The van der Waals surface area contributed by atoms with Crippen LogP contribution in [0.4, 0.5) is 10.5 Å². The lowest BCUT2D eigenvalue weighted by Crippen LogP contribution is -2.52. The van der Waals surface area contributed by atoms with Crippen molar-refractivity contribution in [2.75, 3.05) is 31.1 Å². The smallest absolute Gasteiger partial charge is 0.324 e. The molecule has 0 bridgehead atoms. The first-order valence-corrected chi connectivity index (χ1v) is 11.6. The highest BCUT2D eigenvalue weighted by atomic mass is 16.5. The lowest BCUT2D eigenvalue weighted by molar-refractivity contribution is -0.126. The maximum absolute atomic E-state index is 13.3. The number of urea groups is 1. The quantitative estimate of drug-likeness (QED) is 0.777. The number of rotatable bonds is 4. The third-order valence-corrected chi connectivity index (χ3v) is 6.49. The molecule has 1 saturated heterocycles. The van der Waals surface area contributed by atoms with Crippen LogP contribution in [0.3, 0.4) is 0 Å². The van der Waals surface area contributed by atoms with Crippen molar-refractivity contribution in [3.05, 3.63) is 59.7 Å². The van der Waals surface area contributed by atoms with Crippen molar-refractivity contribution < 1.29 is 14.3 Å². The van der Waals surface area contributed by atoms with Crippen LogP contribution in [0.25, 0.3) is 0 Å². The molecule has 4 rings (SSSR count). The van der Waals surface area contributed by atoms with Crippen LogP contribution in [0.15, 0.2) is 48.5 Å². The number of ether oxygens (including phenoxy) is 1. The summed E-state index contributed by atoms with van der Waals surface area (Å²) in [7, 11) is 0. The van der Waals surface area contributed by atoms with Gasteiger partial charge in [0, 0.05) is 25.6 Å². The van der Waals surface area contributed by atoms with Gasteiger partial charge in [-0.1, -0.05) is 43.3 Å². The second-order valence-electron chi connectivity index (χ2n) is 9.11. The molecule has 0 spiro atoms. The van der Waals surface area contributed by atoms with E-state index in [2.05, 4.69) is 24.4 Å². The molecule has 2 aliphatic heterocycles. The topological polar surface area (TPSA) is 61.9 Å². The largest absolute Gasteiger partial charge is 0.487 e. The minimum absolute atomic E-state index is 0.00329. The van der Waals surface area contributed by atoms with Crippen LogP contribution in [0.1, 0.15) is 43.7 Å². The molecule has 2 heterocycles. The van der Waals surface area contributed by atoms with Crippen molar-refractivity contribution in [1.82, 2.24) is 10.2 Å². The summed E-state index contributed by atoms with van der Waals surface area (Å²) >= 11 is 0. The number of carbonyl (C=O) groups is 2. The number of nitrogens with zero attached hydrogens (tertiary/aromatic N) is 2. The third-order valence-electron chi connectivity index (χ3n) is 6.49.